The molecular formula is C13H23N3O. The molecule has 0 aromatic heterocycles. The molecule has 0 aromatic carbocycles. The molecule has 1 aliphatic rings. The third kappa shape index (κ3) is 3.44. The summed E-state index contributed by atoms with van der Waals surface area (Å²) in [4.78, 5) is 16.2. The third-order valence-electron chi connectivity index (χ3n) is 3.70. The molecule has 0 aliphatic carbocycles. The molecule has 1 saturated heterocycles. The topological polar surface area (TPSA) is 47.3 Å². The molecule has 2 atom stereocenters. The second-order valence-electron chi connectivity index (χ2n) is 4.71. The Labute approximate surface area is 104 Å². The van der Waals surface area contributed by atoms with E-state index in [1.54, 1.807) is 0 Å². The van der Waals surface area contributed by atoms with Gasteiger partial charge in [-0.1, -0.05) is 13.8 Å². The van der Waals surface area contributed by atoms with E-state index in [1.165, 1.54) is 0 Å². The van der Waals surface area contributed by atoms with Crippen molar-refractivity contribution in [1.29, 1.82) is 5.26 Å². The first-order chi connectivity index (χ1) is 8.13. The average molecular weight is 237 g/mol. The zero-order valence-corrected chi connectivity index (χ0v) is 11.1. The van der Waals surface area contributed by atoms with Crippen LogP contribution in [0.3, 0.4) is 0 Å². The van der Waals surface area contributed by atoms with Crippen molar-refractivity contribution in [1.82, 2.24) is 9.80 Å². The van der Waals surface area contributed by atoms with E-state index in [-0.39, 0.29) is 5.91 Å². The Morgan fingerprint density at radius 2 is 1.82 bits per heavy atom. The second kappa shape index (κ2) is 6.61. The Hall–Kier alpha value is -1.08. The lowest BCUT2D eigenvalue weighted by atomic mass is 10.1. The molecule has 0 bridgehead atoms. The Morgan fingerprint density at radius 1 is 1.24 bits per heavy atom. The molecule has 1 amide bonds. The summed E-state index contributed by atoms with van der Waals surface area (Å²) >= 11 is 0. The first-order valence-electron chi connectivity index (χ1n) is 6.56. The molecule has 2 unspecified atom stereocenters. The van der Waals surface area contributed by atoms with Crippen molar-refractivity contribution in [2.45, 2.75) is 39.7 Å². The van der Waals surface area contributed by atoms with E-state index in [0.29, 0.717) is 12.5 Å². The van der Waals surface area contributed by atoms with Crippen molar-refractivity contribution in [2.24, 2.45) is 5.92 Å². The van der Waals surface area contributed by atoms with Crippen LogP contribution in [-0.4, -0.2) is 47.9 Å². The van der Waals surface area contributed by atoms with E-state index in [1.807, 2.05) is 11.8 Å². The summed E-state index contributed by atoms with van der Waals surface area (Å²) in [6, 6.07) is 2.68. The van der Waals surface area contributed by atoms with Crippen molar-refractivity contribution < 1.29 is 4.79 Å². The Kier molecular flexibility index (Phi) is 5.43. The fourth-order valence-electron chi connectivity index (χ4n) is 2.18. The van der Waals surface area contributed by atoms with Crippen LogP contribution < -0.4 is 0 Å². The second-order valence-corrected chi connectivity index (χ2v) is 4.71. The maximum atomic E-state index is 12.0. The molecule has 1 heterocycles. The van der Waals surface area contributed by atoms with Gasteiger partial charge in [0.1, 0.15) is 5.92 Å². The molecule has 17 heavy (non-hydrogen) atoms. The summed E-state index contributed by atoms with van der Waals surface area (Å²) in [5, 5.41) is 8.90. The summed E-state index contributed by atoms with van der Waals surface area (Å²) in [5.74, 6) is -0.441. The van der Waals surface area contributed by atoms with Gasteiger partial charge in [0, 0.05) is 32.2 Å². The van der Waals surface area contributed by atoms with Gasteiger partial charge in [0.2, 0.25) is 5.91 Å². The quantitative estimate of drug-likeness (QED) is 0.744. The minimum absolute atomic E-state index is 0.0128. The van der Waals surface area contributed by atoms with E-state index in [4.69, 9.17) is 5.26 Å². The van der Waals surface area contributed by atoms with Gasteiger partial charge in [-0.3, -0.25) is 9.69 Å². The summed E-state index contributed by atoms with van der Waals surface area (Å²) in [6.45, 7) is 9.70. The molecule has 4 nitrogen and oxygen atoms in total. The number of amides is 1. The molecule has 0 spiro atoms. The minimum atomic E-state index is -0.454. The van der Waals surface area contributed by atoms with Crippen molar-refractivity contribution in [3.8, 4) is 6.07 Å². The number of rotatable bonds is 4. The number of carbonyl (C=O) groups is 1. The van der Waals surface area contributed by atoms with Gasteiger partial charge in [-0.05, 0) is 19.8 Å². The summed E-state index contributed by atoms with van der Waals surface area (Å²) in [6.07, 6.45) is 1.75. The van der Waals surface area contributed by atoms with Gasteiger partial charge in [-0.2, -0.15) is 5.26 Å². The summed E-state index contributed by atoms with van der Waals surface area (Å²) < 4.78 is 0. The molecule has 0 saturated carbocycles. The molecule has 0 aromatic rings. The molecular weight excluding hydrogens is 214 g/mol. The molecule has 0 radical (unpaired) electrons. The van der Waals surface area contributed by atoms with E-state index >= 15 is 0 Å². The maximum absolute atomic E-state index is 12.0. The van der Waals surface area contributed by atoms with E-state index in [2.05, 4.69) is 24.8 Å². The Morgan fingerprint density at radius 3 is 2.24 bits per heavy atom. The highest BCUT2D eigenvalue weighted by molar-refractivity contribution is 5.81. The smallest absolute Gasteiger partial charge is 0.240 e. The van der Waals surface area contributed by atoms with Crippen molar-refractivity contribution in [3.63, 3.8) is 0 Å². The van der Waals surface area contributed by atoms with Crippen molar-refractivity contribution in [2.75, 3.05) is 26.2 Å². The normalized spacial score (nSPS) is 20.7. The minimum Gasteiger partial charge on any atom is -0.339 e. The molecule has 1 rings (SSSR count). The lowest BCUT2D eigenvalue weighted by Gasteiger charge is -2.38. The van der Waals surface area contributed by atoms with Gasteiger partial charge in [-0.15, -0.1) is 0 Å². The highest BCUT2D eigenvalue weighted by Gasteiger charge is 2.27. The molecule has 1 fully saturated rings. The first-order valence-corrected chi connectivity index (χ1v) is 6.56. The van der Waals surface area contributed by atoms with E-state index in [0.717, 1.165) is 32.6 Å². The molecule has 0 N–H and O–H groups in total. The fourth-order valence-corrected chi connectivity index (χ4v) is 2.18. The lowest BCUT2D eigenvalue weighted by molar-refractivity contribution is -0.135. The van der Waals surface area contributed by atoms with Crippen LogP contribution in [0, 0.1) is 17.2 Å². The van der Waals surface area contributed by atoms with E-state index in [9.17, 15) is 4.79 Å². The van der Waals surface area contributed by atoms with Crippen LogP contribution in [0.2, 0.25) is 0 Å². The SMILES string of the molecule is CCC(C#N)C(=O)N1CCN(C(C)CC)CC1. The molecule has 1 aliphatic heterocycles. The molecule has 96 valence electrons. The summed E-state index contributed by atoms with van der Waals surface area (Å²) in [5.41, 5.74) is 0. The third-order valence-corrected chi connectivity index (χ3v) is 3.70. The van der Waals surface area contributed by atoms with Crippen LogP contribution in [0.1, 0.15) is 33.6 Å². The van der Waals surface area contributed by atoms with Crippen molar-refractivity contribution >= 4 is 5.91 Å². The largest absolute Gasteiger partial charge is 0.339 e. The number of hydrogen-bond donors (Lipinski definition) is 0. The zero-order valence-electron chi connectivity index (χ0n) is 11.1. The van der Waals surface area contributed by atoms with Gasteiger partial charge < -0.3 is 4.90 Å². The van der Waals surface area contributed by atoms with Gasteiger partial charge in [0.25, 0.3) is 0 Å². The predicted molar refractivity (Wildman–Crippen MR) is 67.3 cm³/mol. The maximum Gasteiger partial charge on any atom is 0.240 e. The highest BCUT2D eigenvalue weighted by Crippen LogP contribution is 2.12. The predicted octanol–water partition coefficient (Wildman–Crippen LogP) is 1.48. The monoisotopic (exact) mass is 237 g/mol. The Bertz CT molecular complexity index is 290. The lowest BCUT2D eigenvalue weighted by Crippen LogP contribution is -2.52. The number of nitriles is 1. The van der Waals surface area contributed by atoms with Gasteiger partial charge >= 0.3 is 0 Å². The first kappa shape index (κ1) is 14.0. The number of carbonyl (C=O) groups excluding carboxylic acids is 1. The van der Waals surface area contributed by atoms with Crippen LogP contribution in [-0.2, 0) is 4.79 Å². The van der Waals surface area contributed by atoms with E-state index < -0.39 is 5.92 Å². The van der Waals surface area contributed by atoms with Gasteiger partial charge in [0.05, 0.1) is 6.07 Å². The Balaban J connectivity index is 2.47. The van der Waals surface area contributed by atoms with Gasteiger partial charge in [-0.25, -0.2) is 0 Å². The van der Waals surface area contributed by atoms with Gasteiger partial charge in [0.15, 0.2) is 0 Å². The number of nitrogens with zero attached hydrogens (tertiary/aromatic N) is 3. The zero-order chi connectivity index (χ0) is 12.8. The number of hydrogen-bond acceptors (Lipinski definition) is 3. The van der Waals surface area contributed by atoms with Crippen LogP contribution in [0.5, 0.6) is 0 Å². The van der Waals surface area contributed by atoms with Crippen LogP contribution in [0.15, 0.2) is 0 Å². The van der Waals surface area contributed by atoms with Crippen molar-refractivity contribution in [3.05, 3.63) is 0 Å². The number of piperazine rings is 1. The highest BCUT2D eigenvalue weighted by atomic mass is 16.2. The van der Waals surface area contributed by atoms with Crippen LogP contribution in [0.4, 0.5) is 0 Å². The fraction of sp³-hybridized carbons (Fsp3) is 0.846. The molecule has 4 heteroatoms. The standard InChI is InChI=1S/C13H23N3O/c1-4-11(3)15-6-8-16(9-7-15)13(17)12(5-2)10-14/h11-12H,4-9H2,1-3H3. The summed E-state index contributed by atoms with van der Waals surface area (Å²) in [7, 11) is 0. The average Bonchev–Trinajstić information content (AvgIpc) is 2.39. The van der Waals surface area contributed by atoms with Crippen LogP contribution in [0.25, 0.3) is 0 Å². The van der Waals surface area contributed by atoms with Crippen LogP contribution >= 0.6 is 0 Å².